The lowest BCUT2D eigenvalue weighted by Crippen LogP contribution is -2.54. The number of nitro benzene ring substituents is 1. The number of aromatic amines is 2. The number of nitrogens with zero attached hydrogens (tertiary/aromatic N) is 5. The first-order valence-corrected chi connectivity index (χ1v) is 24.9. The standard InChI is InChI=1S/C50H57N7O7S/c1-32(2)38-6-3-4-7-39(38)42-8-5-19-56(42)36-27-50(28-36)16-20-55(21-17-50)35-10-12-41(45(25-35)64-37-24-34-13-18-51-49(34)52-29-37)44(58)30-65(61,62)46-26-43(57(59)60)40(47-48(46)54-31-53-47)11-9-33-14-22-63-23-15-33/h3-4,6-7,10,12-13,18,24-26,29,31-33,36,42H,5,8-9,11,14-17,19-23,27-28,30H2,1-2H3,(H,51,52)(H,53,54)/t42-/m0/s1. The van der Waals surface area contributed by atoms with E-state index in [2.05, 4.69) is 67.8 Å². The van der Waals surface area contributed by atoms with Crippen LogP contribution in [0.1, 0.15) is 111 Å². The molecule has 0 bridgehead atoms. The van der Waals surface area contributed by atoms with Gasteiger partial charge in [0.1, 0.15) is 33.3 Å². The number of likely N-dealkylation sites (tertiary alicyclic amines) is 1. The summed E-state index contributed by atoms with van der Waals surface area (Å²) >= 11 is 0. The Morgan fingerprint density at radius 3 is 2.58 bits per heavy atom. The minimum atomic E-state index is -4.44. The number of ether oxygens (including phenoxy) is 2. The zero-order valence-electron chi connectivity index (χ0n) is 37.1. The third-order valence-corrected chi connectivity index (χ3v) is 16.5. The van der Waals surface area contributed by atoms with Gasteiger partial charge in [0.2, 0.25) is 0 Å². The molecule has 0 amide bonds. The molecule has 1 atom stereocenters. The summed E-state index contributed by atoms with van der Waals surface area (Å²) < 4.78 is 40.5. The Hall–Kier alpha value is -5.64. The van der Waals surface area contributed by atoms with E-state index in [1.54, 1.807) is 18.5 Å². The zero-order chi connectivity index (χ0) is 44.9. The number of aryl methyl sites for hydroxylation is 1. The van der Waals surface area contributed by atoms with Crippen LogP contribution < -0.4 is 9.64 Å². The van der Waals surface area contributed by atoms with Crippen molar-refractivity contribution in [3.8, 4) is 11.5 Å². The van der Waals surface area contributed by atoms with Gasteiger partial charge in [0, 0.05) is 67.8 Å². The lowest BCUT2D eigenvalue weighted by atomic mass is 9.59. The highest BCUT2D eigenvalue weighted by Crippen LogP contribution is 2.54. The summed E-state index contributed by atoms with van der Waals surface area (Å²) in [6.07, 6.45) is 14.5. The van der Waals surface area contributed by atoms with Crippen LogP contribution in [-0.2, 0) is 21.0 Å². The molecule has 4 aliphatic rings. The number of anilines is 1. The lowest BCUT2D eigenvalue weighted by molar-refractivity contribution is -0.385. The Kier molecular flexibility index (Phi) is 11.7. The van der Waals surface area contributed by atoms with E-state index in [1.807, 2.05) is 24.3 Å². The molecule has 3 aromatic heterocycles. The number of nitrogens with one attached hydrogen (secondary N) is 2. The van der Waals surface area contributed by atoms with E-state index in [-0.39, 0.29) is 27.4 Å². The molecule has 4 fully saturated rings. The lowest BCUT2D eigenvalue weighted by Gasteiger charge is -2.56. The Labute approximate surface area is 379 Å². The number of pyridine rings is 1. The number of hydrogen-bond donors (Lipinski definition) is 2. The van der Waals surface area contributed by atoms with E-state index in [4.69, 9.17) is 9.47 Å². The van der Waals surface area contributed by atoms with E-state index in [1.165, 1.54) is 43.1 Å². The number of aromatic nitrogens is 4. The van der Waals surface area contributed by atoms with Crippen LogP contribution in [0.5, 0.6) is 11.5 Å². The Morgan fingerprint density at radius 2 is 1.80 bits per heavy atom. The van der Waals surface area contributed by atoms with Gasteiger partial charge < -0.3 is 24.3 Å². The SMILES string of the molecule is CC(C)c1ccccc1[C@@H]1CCCN1C1CC2(CCN(c3ccc(C(=O)CS(=O)(=O)c4cc([N+](=O)[O-])c(CCC5CCOCC5)c5[nH]cnc45)c(Oc4cnc5[nH]ccc5c4)c3)CC2)C1. The highest BCUT2D eigenvalue weighted by Gasteiger charge is 2.50. The van der Waals surface area contributed by atoms with Crippen molar-refractivity contribution in [1.82, 2.24) is 24.8 Å². The molecule has 6 aromatic rings. The number of sulfone groups is 1. The van der Waals surface area contributed by atoms with Gasteiger partial charge in [0.05, 0.1) is 34.1 Å². The number of fused-ring (bicyclic) bond motifs is 2. The summed E-state index contributed by atoms with van der Waals surface area (Å²) in [5.41, 5.74) is 5.41. The summed E-state index contributed by atoms with van der Waals surface area (Å²) in [5, 5.41) is 13.3. The molecule has 1 saturated carbocycles. The van der Waals surface area contributed by atoms with Crippen LogP contribution in [0.2, 0.25) is 0 Å². The molecular formula is C50H57N7O7S. The molecule has 15 heteroatoms. The van der Waals surface area contributed by atoms with Gasteiger partial charge in [-0.3, -0.25) is 19.8 Å². The monoisotopic (exact) mass is 899 g/mol. The minimum absolute atomic E-state index is 0.0837. The molecule has 6 heterocycles. The van der Waals surface area contributed by atoms with Gasteiger partial charge in [0.15, 0.2) is 15.6 Å². The predicted molar refractivity (Wildman–Crippen MR) is 250 cm³/mol. The first-order chi connectivity index (χ1) is 31.4. The molecule has 3 aromatic carbocycles. The van der Waals surface area contributed by atoms with Crippen LogP contribution in [0.3, 0.4) is 0 Å². The number of rotatable bonds is 14. The van der Waals surface area contributed by atoms with Gasteiger partial charge in [-0.15, -0.1) is 0 Å². The van der Waals surface area contributed by atoms with Crippen LogP contribution in [0.4, 0.5) is 11.4 Å². The van der Waals surface area contributed by atoms with Crippen molar-refractivity contribution in [3.63, 3.8) is 0 Å². The summed E-state index contributed by atoms with van der Waals surface area (Å²) in [4.78, 5) is 45.8. The second kappa shape index (κ2) is 17.6. The van der Waals surface area contributed by atoms with E-state index < -0.39 is 26.3 Å². The highest BCUT2D eigenvalue weighted by molar-refractivity contribution is 7.92. The summed E-state index contributed by atoms with van der Waals surface area (Å²) in [6, 6.07) is 20.2. The predicted octanol–water partition coefficient (Wildman–Crippen LogP) is 9.87. The number of hydrogen-bond acceptors (Lipinski definition) is 11. The van der Waals surface area contributed by atoms with Gasteiger partial charge in [-0.05, 0) is 123 Å². The fourth-order valence-electron chi connectivity index (χ4n) is 11.3. The Balaban J connectivity index is 0.877. The number of ketones is 1. The van der Waals surface area contributed by atoms with Crippen molar-refractivity contribution in [2.45, 2.75) is 101 Å². The quantitative estimate of drug-likeness (QED) is 0.0604. The van der Waals surface area contributed by atoms with Crippen LogP contribution in [-0.4, -0.2) is 88.6 Å². The first kappa shape index (κ1) is 43.3. The fourth-order valence-corrected chi connectivity index (χ4v) is 12.7. The van der Waals surface area contributed by atoms with E-state index in [9.17, 15) is 23.3 Å². The van der Waals surface area contributed by atoms with Crippen molar-refractivity contribution in [1.29, 1.82) is 0 Å². The maximum atomic E-state index is 14.3. The van der Waals surface area contributed by atoms with Crippen LogP contribution in [0.25, 0.3) is 22.1 Å². The van der Waals surface area contributed by atoms with Crippen molar-refractivity contribution < 1.29 is 27.6 Å². The molecule has 0 radical (unpaired) electrons. The second-order valence-corrected chi connectivity index (χ2v) is 21.1. The van der Waals surface area contributed by atoms with Crippen LogP contribution in [0.15, 0.2) is 84.3 Å². The van der Waals surface area contributed by atoms with E-state index in [0.717, 1.165) is 62.5 Å². The maximum Gasteiger partial charge on any atom is 0.276 e. The minimum Gasteiger partial charge on any atom is -0.455 e. The Bertz CT molecular complexity index is 2850. The number of nitro groups is 1. The summed E-state index contributed by atoms with van der Waals surface area (Å²) in [5.74, 6) is -0.190. The van der Waals surface area contributed by atoms with Crippen molar-refractivity contribution in [2.75, 3.05) is 43.5 Å². The molecule has 1 aliphatic carbocycles. The number of imidazole rings is 1. The summed E-state index contributed by atoms with van der Waals surface area (Å²) in [7, 11) is -4.44. The average Bonchev–Trinajstić information content (AvgIpc) is 4.09. The molecular weight excluding hydrogens is 843 g/mol. The van der Waals surface area contributed by atoms with E-state index in [0.29, 0.717) is 77.9 Å². The highest BCUT2D eigenvalue weighted by atomic mass is 32.2. The number of carbonyl (C=O) groups is 1. The van der Waals surface area contributed by atoms with Gasteiger partial charge >= 0.3 is 0 Å². The second-order valence-electron chi connectivity index (χ2n) is 19.1. The number of H-pyrrole nitrogens is 2. The normalized spacial score (nSPS) is 19.7. The molecule has 3 saturated heterocycles. The third kappa shape index (κ3) is 8.54. The van der Waals surface area contributed by atoms with Crippen molar-refractivity contribution >= 4 is 49.1 Å². The molecule has 2 N–H and O–H groups in total. The van der Waals surface area contributed by atoms with Crippen molar-refractivity contribution in [2.24, 2.45) is 11.3 Å². The van der Waals surface area contributed by atoms with E-state index >= 15 is 0 Å². The fraction of sp³-hybridized carbons (Fsp3) is 0.460. The molecule has 0 unspecified atom stereocenters. The molecule has 10 rings (SSSR count). The molecule has 65 heavy (non-hydrogen) atoms. The molecule has 14 nitrogen and oxygen atoms in total. The first-order valence-electron chi connectivity index (χ1n) is 23.3. The number of carbonyl (C=O) groups excluding carboxylic acids is 1. The third-order valence-electron chi connectivity index (χ3n) is 14.9. The molecule has 1 spiro atoms. The summed E-state index contributed by atoms with van der Waals surface area (Å²) in [6.45, 7) is 8.76. The number of benzene rings is 3. The smallest absolute Gasteiger partial charge is 0.276 e. The van der Waals surface area contributed by atoms with Gasteiger partial charge in [0.25, 0.3) is 5.69 Å². The topological polar surface area (TPSA) is 177 Å². The molecule has 340 valence electrons. The van der Waals surface area contributed by atoms with Crippen LogP contribution >= 0.6 is 0 Å². The van der Waals surface area contributed by atoms with Crippen molar-refractivity contribution in [3.05, 3.63) is 112 Å². The zero-order valence-corrected chi connectivity index (χ0v) is 37.9. The number of Topliss-reactive ketones (excluding diaryl/α,β-unsaturated/α-hetero) is 1. The van der Waals surface area contributed by atoms with Gasteiger partial charge in [-0.25, -0.2) is 18.4 Å². The number of piperidine rings is 1. The largest absolute Gasteiger partial charge is 0.455 e. The van der Waals surface area contributed by atoms with Crippen LogP contribution in [0, 0.1) is 21.4 Å². The van der Waals surface area contributed by atoms with Gasteiger partial charge in [-0.1, -0.05) is 38.1 Å². The molecule has 3 aliphatic heterocycles. The van der Waals surface area contributed by atoms with Gasteiger partial charge in [-0.2, -0.15) is 0 Å². The average molecular weight is 900 g/mol. The Morgan fingerprint density at radius 1 is 1.00 bits per heavy atom. The maximum absolute atomic E-state index is 14.3.